The zero-order chi connectivity index (χ0) is 30.7. The summed E-state index contributed by atoms with van der Waals surface area (Å²) in [6, 6.07) is 19.9. The normalized spacial score (nSPS) is 12.0. The number of carbonyl (C=O) groups excluding carboxylic acids is 1. The fourth-order valence-corrected chi connectivity index (χ4v) is 6.73. The van der Waals surface area contributed by atoms with Crippen molar-refractivity contribution in [2.45, 2.75) is 16.0 Å². The lowest BCUT2D eigenvalue weighted by molar-refractivity contribution is -0.137. The number of nitrogens with one attached hydrogen (secondary N) is 2. The Hall–Kier alpha value is -3.78. The van der Waals surface area contributed by atoms with E-state index in [1.807, 2.05) is 0 Å². The predicted octanol–water partition coefficient (Wildman–Crippen LogP) is 6.65. The summed E-state index contributed by atoms with van der Waals surface area (Å²) >= 11 is 12.2. The Bertz CT molecular complexity index is 1800. The summed E-state index contributed by atoms with van der Waals surface area (Å²) in [6.07, 6.45) is -4.66. The number of alkyl halides is 3. The average molecular weight is 659 g/mol. The first-order valence-electron chi connectivity index (χ1n) is 11.8. The molecule has 0 aliphatic heterocycles. The molecule has 2 N–H and O–H groups in total. The lowest BCUT2D eigenvalue weighted by atomic mass is 10.2. The number of hydrogen-bond donors (Lipinski definition) is 2. The molecule has 0 bridgehead atoms. The van der Waals surface area contributed by atoms with Crippen LogP contribution in [0, 0.1) is 0 Å². The highest BCUT2D eigenvalue weighted by Crippen LogP contribution is 2.32. The molecular weight excluding hydrogens is 638 g/mol. The summed E-state index contributed by atoms with van der Waals surface area (Å²) in [5, 5.41) is 2.78. The third-order valence-electron chi connectivity index (χ3n) is 5.64. The summed E-state index contributed by atoms with van der Waals surface area (Å²) in [4.78, 5) is 12.6. The first-order chi connectivity index (χ1) is 19.6. The molecule has 0 saturated carbocycles. The van der Waals surface area contributed by atoms with Crippen LogP contribution in [0.3, 0.4) is 0 Å². The zero-order valence-corrected chi connectivity index (χ0v) is 24.3. The van der Waals surface area contributed by atoms with E-state index in [2.05, 4.69) is 10.0 Å². The summed E-state index contributed by atoms with van der Waals surface area (Å²) in [5.74, 6) is -0.775. The molecule has 0 atom stereocenters. The Morgan fingerprint density at radius 3 is 1.95 bits per heavy atom. The average Bonchev–Trinajstić information content (AvgIpc) is 2.91. The van der Waals surface area contributed by atoms with Crippen molar-refractivity contribution in [2.24, 2.45) is 0 Å². The molecule has 0 aliphatic carbocycles. The molecule has 0 radical (unpaired) electrons. The molecule has 0 unspecified atom stereocenters. The summed E-state index contributed by atoms with van der Waals surface area (Å²) in [7, 11) is -8.52. The van der Waals surface area contributed by atoms with E-state index in [0.717, 1.165) is 28.6 Å². The van der Waals surface area contributed by atoms with Crippen LogP contribution < -0.4 is 14.3 Å². The standard InChI is InChI=1S/C27H20Cl2F3N3O5S2/c28-19-14-20(29)16-23(15-19)35(42(39,40)25-7-2-1-3-8-25)17-26(36)33-21-9-11-24(12-10-21)41(37,38)34-22-6-4-5-18(13-22)27(30,31)32/h1-16,34H,17H2,(H,33,36). The lowest BCUT2D eigenvalue weighted by Gasteiger charge is -2.24. The van der Waals surface area contributed by atoms with Gasteiger partial charge in [0.1, 0.15) is 6.54 Å². The van der Waals surface area contributed by atoms with E-state index in [1.54, 1.807) is 6.07 Å². The second-order valence-corrected chi connectivity index (χ2v) is 13.1. The summed E-state index contributed by atoms with van der Waals surface area (Å²) < 4.78 is 94.2. The monoisotopic (exact) mass is 657 g/mol. The number of halogens is 5. The molecular formula is C27H20Cl2F3N3O5S2. The van der Waals surface area contributed by atoms with Gasteiger partial charge in [-0.05, 0) is 72.8 Å². The molecule has 0 fully saturated rings. The van der Waals surface area contributed by atoms with Gasteiger partial charge in [0.2, 0.25) is 5.91 Å². The van der Waals surface area contributed by atoms with Crippen LogP contribution in [0.5, 0.6) is 0 Å². The molecule has 15 heteroatoms. The zero-order valence-electron chi connectivity index (χ0n) is 21.1. The summed E-state index contributed by atoms with van der Waals surface area (Å²) in [5.41, 5.74) is -1.15. The SMILES string of the molecule is O=C(CN(c1cc(Cl)cc(Cl)c1)S(=O)(=O)c1ccccc1)Nc1ccc(S(=O)(=O)Nc2cccc(C(F)(F)F)c2)cc1. The molecule has 220 valence electrons. The van der Waals surface area contributed by atoms with Gasteiger partial charge in [-0.3, -0.25) is 13.8 Å². The first kappa shape index (κ1) is 31.2. The van der Waals surface area contributed by atoms with Crippen LogP contribution in [0.2, 0.25) is 10.0 Å². The molecule has 8 nitrogen and oxygen atoms in total. The van der Waals surface area contributed by atoms with Crippen molar-refractivity contribution in [3.63, 3.8) is 0 Å². The minimum atomic E-state index is -4.66. The van der Waals surface area contributed by atoms with Gasteiger partial charge in [0, 0.05) is 21.4 Å². The van der Waals surface area contributed by atoms with Crippen molar-refractivity contribution in [2.75, 3.05) is 20.9 Å². The van der Waals surface area contributed by atoms with Gasteiger partial charge < -0.3 is 5.32 Å². The Morgan fingerprint density at radius 2 is 1.36 bits per heavy atom. The van der Waals surface area contributed by atoms with Gasteiger partial charge in [-0.25, -0.2) is 16.8 Å². The number of anilines is 3. The van der Waals surface area contributed by atoms with E-state index in [1.165, 1.54) is 60.7 Å². The van der Waals surface area contributed by atoms with E-state index in [-0.39, 0.29) is 36.9 Å². The third kappa shape index (κ3) is 7.53. The topological polar surface area (TPSA) is 113 Å². The molecule has 0 spiro atoms. The van der Waals surface area contributed by atoms with Crippen LogP contribution in [0.15, 0.2) is 107 Å². The van der Waals surface area contributed by atoms with Gasteiger partial charge in [-0.2, -0.15) is 13.2 Å². The van der Waals surface area contributed by atoms with Crippen LogP contribution in [-0.2, 0) is 31.0 Å². The molecule has 0 aromatic heterocycles. The molecule has 42 heavy (non-hydrogen) atoms. The fraction of sp³-hybridized carbons (Fsp3) is 0.0741. The number of sulfonamides is 2. The number of rotatable bonds is 9. The van der Waals surface area contributed by atoms with Gasteiger partial charge >= 0.3 is 6.18 Å². The summed E-state index contributed by atoms with van der Waals surface area (Å²) in [6.45, 7) is -0.689. The Kier molecular flexibility index (Phi) is 9.06. The quantitative estimate of drug-likeness (QED) is 0.209. The predicted molar refractivity (Wildman–Crippen MR) is 155 cm³/mol. The van der Waals surface area contributed by atoms with E-state index in [9.17, 15) is 34.8 Å². The van der Waals surface area contributed by atoms with Crippen molar-refractivity contribution in [3.05, 3.63) is 113 Å². The van der Waals surface area contributed by atoms with Gasteiger partial charge in [0.15, 0.2) is 0 Å². The van der Waals surface area contributed by atoms with Gasteiger partial charge in [0.25, 0.3) is 20.0 Å². The van der Waals surface area contributed by atoms with Gasteiger partial charge in [-0.1, -0.05) is 47.5 Å². The third-order valence-corrected chi connectivity index (χ3v) is 9.27. The van der Waals surface area contributed by atoms with Crippen molar-refractivity contribution in [1.29, 1.82) is 0 Å². The Morgan fingerprint density at radius 1 is 0.738 bits per heavy atom. The maximum Gasteiger partial charge on any atom is 0.416 e. The van der Waals surface area contributed by atoms with Crippen molar-refractivity contribution >= 4 is 66.2 Å². The lowest BCUT2D eigenvalue weighted by Crippen LogP contribution is -2.38. The van der Waals surface area contributed by atoms with E-state index in [0.29, 0.717) is 6.07 Å². The highest BCUT2D eigenvalue weighted by Gasteiger charge is 2.31. The molecule has 0 saturated heterocycles. The van der Waals surface area contributed by atoms with Crippen LogP contribution in [0.4, 0.5) is 30.2 Å². The van der Waals surface area contributed by atoms with Crippen molar-refractivity contribution in [3.8, 4) is 0 Å². The largest absolute Gasteiger partial charge is 0.416 e. The molecule has 1 amide bonds. The minimum absolute atomic E-state index is 0.0358. The van der Waals surface area contributed by atoms with Crippen LogP contribution in [0.25, 0.3) is 0 Å². The van der Waals surface area contributed by atoms with Crippen molar-refractivity contribution in [1.82, 2.24) is 0 Å². The maximum absolute atomic E-state index is 13.4. The number of carbonyl (C=O) groups is 1. The van der Waals surface area contributed by atoms with E-state index in [4.69, 9.17) is 23.2 Å². The van der Waals surface area contributed by atoms with Crippen LogP contribution in [-0.4, -0.2) is 29.3 Å². The second kappa shape index (κ2) is 12.2. The number of nitrogens with zero attached hydrogens (tertiary/aromatic N) is 1. The van der Waals surface area contributed by atoms with Gasteiger partial charge in [0.05, 0.1) is 21.0 Å². The fourth-order valence-electron chi connectivity index (χ4n) is 3.74. The highest BCUT2D eigenvalue weighted by molar-refractivity contribution is 7.93. The number of benzene rings is 4. The van der Waals surface area contributed by atoms with Crippen molar-refractivity contribution < 1.29 is 34.8 Å². The smallest absolute Gasteiger partial charge is 0.325 e. The Labute approximate surface area is 249 Å². The van der Waals surface area contributed by atoms with Crippen LogP contribution >= 0.6 is 23.2 Å². The molecule has 0 heterocycles. The molecule has 0 aliphatic rings. The van der Waals surface area contributed by atoms with Gasteiger partial charge in [-0.15, -0.1) is 0 Å². The minimum Gasteiger partial charge on any atom is -0.325 e. The molecule has 4 rings (SSSR count). The Balaban J connectivity index is 1.53. The van der Waals surface area contributed by atoms with Crippen LogP contribution in [0.1, 0.15) is 5.56 Å². The molecule has 4 aromatic rings. The first-order valence-corrected chi connectivity index (χ1v) is 15.5. The number of amides is 1. The number of hydrogen-bond acceptors (Lipinski definition) is 5. The van der Waals surface area contributed by atoms with E-state index >= 15 is 0 Å². The molecule has 4 aromatic carbocycles. The second-order valence-electron chi connectivity index (χ2n) is 8.71. The van der Waals surface area contributed by atoms with E-state index < -0.39 is 44.2 Å². The maximum atomic E-state index is 13.4. The highest BCUT2D eigenvalue weighted by atomic mass is 35.5.